The Morgan fingerprint density at radius 3 is 2.74 bits per heavy atom. The molecule has 0 amide bonds. The number of rotatable bonds is 3. The first kappa shape index (κ1) is 14.2. The van der Waals surface area contributed by atoms with Crippen LogP contribution in [0.4, 0.5) is 0 Å². The van der Waals surface area contributed by atoms with E-state index in [2.05, 4.69) is 39.5 Å². The van der Waals surface area contributed by atoms with Gasteiger partial charge < -0.3 is 9.67 Å². The molecule has 23 heavy (non-hydrogen) atoms. The normalized spacial score (nSPS) is 39.7. The Balaban J connectivity index is 1.54. The maximum absolute atomic E-state index is 11.0. The van der Waals surface area contributed by atoms with Gasteiger partial charge in [0, 0.05) is 29.4 Å². The van der Waals surface area contributed by atoms with Gasteiger partial charge in [0.2, 0.25) is 0 Å². The summed E-state index contributed by atoms with van der Waals surface area (Å²) in [7, 11) is 0. The highest BCUT2D eigenvalue weighted by atomic mass is 32.1. The van der Waals surface area contributed by atoms with Crippen molar-refractivity contribution in [1.82, 2.24) is 9.55 Å². The monoisotopic (exact) mass is 328 g/mol. The van der Waals surface area contributed by atoms with E-state index in [-0.39, 0.29) is 11.0 Å². The van der Waals surface area contributed by atoms with Gasteiger partial charge in [0.05, 0.1) is 5.60 Å². The van der Waals surface area contributed by atoms with Gasteiger partial charge in [-0.15, -0.1) is 0 Å². The lowest BCUT2D eigenvalue weighted by molar-refractivity contribution is -0.176. The third-order valence-corrected chi connectivity index (χ3v) is 7.51. The number of nitrogens with zero attached hydrogens (tertiary/aromatic N) is 2. The van der Waals surface area contributed by atoms with Crippen LogP contribution in [0.25, 0.3) is 11.4 Å². The van der Waals surface area contributed by atoms with Gasteiger partial charge in [-0.3, -0.25) is 0 Å². The molecule has 0 unspecified atom stereocenters. The Kier molecular flexibility index (Phi) is 2.91. The standard InChI is InChI=1S/C19H24N2OS/c1-13(21-4-3-20-17(21)16-2-5-23-11-16)18-7-14-6-15(8-18)10-19(22,9-14)12-18/h2-5,11,13-15,22H,6-10,12H2,1H3/t13-,14-,15-,18?,19?/m0/s1. The molecule has 0 radical (unpaired) electrons. The molecule has 4 bridgehead atoms. The molecule has 4 heteroatoms. The lowest BCUT2D eigenvalue weighted by atomic mass is 9.46. The molecule has 0 aromatic carbocycles. The van der Waals surface area contributed by atoms with Crippen LogP contribution in [0.5, 0.6) is 0 Å². The quantitative estimate of drug-likeness (QED) is 0.900. The van der Waals surface area contributed by atoms with Gasteiger partial charge in [-0.05, 0) is 74.1 Å². The molecule has 122 valence electrons. The van der Waals surface area contributed by atoms with Crippen LogP contribution in [0, 0.1) is 17.3 Å². The summed E-state index contributed by atoms with van der Waals surface area (Å²) in [6.07, 6.45) is 11.0. The second-order valence-electron chi connectivity index (χ2n) is 8.39. The van der Waals surface area contributed by atoms with Crippen LogP contribution in [0.2, 0.25) is 0 Å². The molecule has 6 rings (SSSR count). The largest absolute Gasteiger partial charge is 0.390 e. The highest BCUT2D eigenvalue weighted by Gasteiger charge is 2.59. The lowest BCUT2D eigenvalue weighted by Crippen LogP contribution is -2.57. The van der Waals surface area contributed by atoms with Crippen molar-refractivity contribution >= 4 is 11.3 Å². The van der Waals surface area contributed by atoms with Crippen molar-refractivity contribution in [2.75, 3.05) is 0 Å². The summed E-state index contributed by atoms with van der Waals surface area (Å²) in [6.45, 7) is 2.36. The summed E-state index contributed by atoms with van der Waals surface area (Å²) in [6, 6.07) is 2.56. The summed E-state index contributed by atoms with van der Waals surface area (Å²) < 4.78 is 2.37. The van der Waals surface area contributed by atoms with Gasteiger partial charge in [-0.1, -0.05) is 0 Å². The number of hydrogen-bond acceptors (Lipinski definition) is 3. The number of imidazole rings is 1. The van der Waals surface area contributed by atoms with Gasteiger partial charge in [-0.2, -0.15) is 11.3 Å². The second kappa shape index (κ2) is 4.70. The summed E-state index contributed by atoms with van der Waals surface area (Å²) in [5, 5.41) is 15.3. The molecule has 4 fully saturated rings. The molecule has 0 saturated heterocycles. The summed E-state index contributed by atoms with van der Waals surface area (Å²) >= 11 is 1.72. The lowest BCUT2D eigenvalue weighted by Gasteiger charge is -2.62. The van der Waals surface area contributed by atoms with Crippen molar-refractivity contribution in [2.45, 2.75) is 57.1 Å². The van der Waals surface area contributed by atoms with E-state index in [0.717, 1.165) is 36.9 Å². The Bertz CT molecular complexity index is 706. The van der Waals surface area contributed by atoms with Crippen molar-refractivity contribution in [3.8, 4) is 11.4 Å². The minimum absolute atomic E-state index is 0.254. The van der Waals surface area contributed by atoms with E-state index in [4.69, 9.17) is 0 Å². The van der Waals surface area contributed by atoms with Crippen molar-refractivity contribution in [3.63, 3.8) is 0 Å². The zero-order valence-corrected chi connectivity index (χ0v) is 14.4. The van der Waals surface area contributed by atoms with E-state index >= 15 is 0 Å². The first-order valence-electron chi connectivity index (χ1n) is 8.85. The Labute approximate surface area is 141 Å². The molecule has 3 nitrogen and oxygen atoms in total. The number of aliphatic hydroxyl groups is 1. The fourth-order valence-electron chi connectivity index (χ4n) is 6.31. The molecule has 0 spiro atoms. The molecule has 2 aromatic rings. The van der Waals surface area contributed by atoms with Crippen LogP contribution in [0.3, 0.4) is 0 Å². The molecule has 4 aliphatic rings. The number of thiophene rings is 1. The van der Waals surface area contributed by atoms with Gasteiger partial charge in [0.25, 0.3) is 0 Å². The minimum atomic E-state index is -0.387. The van der Waals surface area contributed by atoms with Crippen LogP contribution in [-0.4, -0.2) is 20.3 Å². The third kappa shape index (κ3) is 2.07. The van der Waals surface area contributed by atoms with E-state index in [0.29, 0.717) is 6.04 Å². The van der Waals surface area contributed by atoms with Crippen LogP contribution in [0.15, 0.2) is 29.2 Å². The molecular formula is C19H24N2OS. The Morgan fingerprint density at radius 2 is 2.09 bits per heavy atom. The smallest absolute Gasteiger partial charge is 0.140 e. The van der Waals surface area contributed by atoms with Crippen LogP contribution < -0.4 is 0 Å². The van der Waals surface area contributed by atoms with Crippen molar-refractivity contribution in [1.29, 1.82) is 0 Å². The van der Waals surface area contributed by atoms with Crippen LogP contribution in [0.1, 0.15) is 51.5 Å². The van der Waals surface area contributed by atoms with E-state index < -0.39 is 0 Å². The molecule has 2 heterocycles. The van der Waals surface area contributed by atoms with Crippen molar-refractivity contribution in [3.05, 3.63) is 29.2 Å². The molecule has 1 N–H and O–H groups in total. The first-order valence-corrected chi connectivity index (χ1v) is 9.79. The Hall–Kier alpha value is -1.13. The molecule has 4 aliphatic carbocycles. The van der Waals surface area contributed by atoms with Gasteiger partial charge in [0.1, 0.15) is 5.82 Å². The van der Waals surface area contributed by atoms with E-state index in [1.54, 1.807) is 11.3 Å². The van der Waals surface area contributed by atoms with Crippen molar-refractivity contribution in [2.24, 2.45) is 17.3 Å². The van der Waals surface area contributed by atoms with E-state index in [1.807, 2.05) is 6.20 Å². The molecular weight excluding hydrogens is 304 g/mol. The average Bonchev–Trinajstić information content (AvgIpc) is 3.15. The maximum atomic E-state index is 11.0. The zero-order chi connectivity index (χ0) is 15.7. The fourth-order valence-corrected chi connectivity index (χ4v) is 6.94. The number of hydrogen-bond donors (Lipinski definition) is 1. The molecule has 2 aromatic heterocycles. The summed E-state index contributed by atoms with van der Waals surface area (Å²) in [5.74, 6) is 2.55. The minimum Gasteiger partial charge on any atom is -0.390 e. The average molecular weight is 328 g/mol. The van der Waals surface area contributed by atoms with E-state index in [1.165, 1.54) is 24.8 Å². The SMILES string of the molecule is C[C@H](n1ccnc1-c1ccsc1)C12C[C@@H]3C[C@H](CC(O)(C3)C1)C2. The van der Waals surface area contributed by atoms with E-state index in [9.17, 15) is 5.11 Å². The molecule has 4 saturated carbocycles. The van der Waals surface area contributed by atoms with Gasteiger partial charge >= 0.3 is 0 Å². The van der Waals surface area contributed by atoms with Gasteiger partial charge in [-0.25, -0.2) is 4.98 Å². The Morgan fingerprint density at radius 1 is 1.30 bits per heavy atom. The second-order valence-corrected chi connectivity index (χ2v) is 9.17. The van der Waals surface area contributed by atoms with Crippen molar-refractivity contribution < 1.29 is 5.11 Å². The molecule has 0 aliphatic heterocycles. The topological polar surface area (TPSA) is 38.0 Å². The first-order chi connectivity index (χ1) is 11.1. The highest BCUT2D eigenvalue weighted by Crippen LogP contribution is 2.65. The summed E-state index contributed by atoms with van der Waals surface area (Å²) in [4.78, 5) is 4.63. The zero-order valence-electron chi connectivity index (χ0n) is 13.6. The predicted octanol–water partition coefficient (Wildman–Crippen LogP) is 4.50. The maximum Gasteiger partial charge on any atom is 0.140 e. The fraction of sp³-hybridized carbons (Fsp3) is 0.632. The number of aromatic nitrogens is 2. The predicted molar refractivity (Wildman–Crippen MR) is 92.3 cm³/mol. The third-order valence-electron chi connectivity index (χ3n) is 6.83. The van der Waals surface area contributed by atoms with Gasteiger partial charge in [0.15, 0.2) is 0 Å². The van der Waals surface area contributed by atoms with Crippen LogP contribution in [-0.2, 0) is 0 Å². The summed E-state index contributed by atoms with van der Waals surface area (Å²) in [5.41, 5.74) is 1.08. The van der Waals surface area contributed by atoms with Crippen LogP contribution >= 0.6 is 11.3 Å². The molecule has 3 atom stereocenters. The highest BCUT2D eigenvalue weighted by molar-refractivity contribution is 7.08.